The summed E-state index contributed by atoms with van der Waals surface area (Å²) >= 11 is 11.8. The van der Waals surface area contributed by atoms with Crippen LogP contribution in [-0.2, 0) is 4.79 Å². The highest BCUT2D eigenvalue weighted by atomic mass is 35.5. The fraction of sp³-hybridized carbons (Fsp3) is 0.0588. The molecule has 5 nitrogen and oxygen atoms in total. The summed E-state index contributed by atoms with van der Waals surface area (Å²) in [7, 11) is 0. The van der Waals surface area contributed by atoms with Crippen LogP contribution in [0.5, 0.6) is 5.75 Å². The number of carbonyl (C=O) groups excluding carboxylic acids is 1. The number of hydrogen-bond acceptors (Lipinski definition) is 4. The molecule has 0 aliphatic heterocycles. The molecule has 1 amide bonds. The van der Waals surface area contributed by atoms with E-state index in [2.05, 4.69) is 10.6 Å². The highest BCUT2D eigenvalue weighted by molar-refractivity contribution is 6.36. The van der Waals surface area contributed by atoms with Crippen molar-refractivity contribution in [2.45, 2.75) is 6.92 Å². The number of rotatable bonds is 4. The van der Waals surface area contributed by atoms with Crippen molar-refractivity contribution in [2.75, 3.05) is 10.6 Å². The zero-order valence-corrected chi connectivity index (χ0v) is 14.1. The monoisotopic (exact) mass is 361 g/mol. The van der Waals surface area contributed by atoms with E-state index in [4.69, 9.17) is 28.5 Å². The number of phenols is 1. The van der Waals surface area contributed by atoms with Crippen molar-refractivity contribution < 1.29 is 9.90 Å². The van der Waals surface area contributed by atoms with Crippen LogP contribution < -0.4 is 10.6 Å². The summed E-state index contributed by atoms with van der Waals surface area (Å²) in [5.74, 6) is -0.628. The molecule has 0 unspecified atom stereocenters. The second-order valence-electron chi connectivity index (χ2n) is 4.91. The molecule has 3 N–H and O–H groups in total. The molecule has 0 bridgehead atoms. The van der Waals surface area contributed by atoms with Gasteiger partial charge in [-0.2, -0.15) is 5.26 Å². The van der Waals surface area contributed by atoms with Crippen molar-refractivity contribution in [3.63, 3.8) is 0 Å². The molecule has 0 aliphatic carbocycles. The number of nitrogens with one attached hydrogen (secondary N) is 2. The van der Waals surface area contributed by atoms with E-state index in [1.807, 2.05) is 6.92 Å². The van der Waals surface area contributed by atoms with Crippen LogP contribution in [0.1, 0.15) is 5.56 Å². The average molecular weight is 362 g/mol. The summed E-state index contributed by atoms with van der Waals surface area (Å²) < 4.78 is 0. The van der Waals surface area contributed by atoms with Crippen molar-refractivity contribution in [1.82, 2.24) is 0 Å². The van der Waals surface area contributed by atoms with E-state index in [0.717, 1.165) is 5.56 Å². The van der Waals surface area contributed by atoms with Crippen molar-refractivity contribution in [2.24, 2.45) is 0 Å². The van der Waals surface area contributed by atoms with Crippen LogP contribution in [0.4, 0.5) is 11.4 Å². The zero-order valence-electron chi connectivity index (χ0n) is 12.6. The molecule has 0 saturated heterocycles. The Morgan fingerprint density at radius 1 is 1.21 bits per heavy atom. The molecule has 0 heterocycles. The number of nitriles is 1. The SMILES string of the molecule is Cc1ccc(O)c(N/C=C(/C#N)C(=O)Nc2ccc(Cl)cc2Cl)c1. The standard InChI is InChI=1S/C17H13Cl2N3O2/c1-10-2-5-16(23)15(6-10)21-9-11(8-20)17(24)22-14-4-3-12(18)7-13(14)19/h2-7,9,21,23H,1H3,(H,22,24)/b11-9-. The molecule has 0 spiro atoms. The third kappa shape index (κ3) is 4.42. The second kappa shape index (κ2) is 7.73. The van der Waals surface area contributed by atoms with E-state index in [9.17, 15) is 9.90 Å². The highest BCUT2D eigenvalue weighted by Gasteiger charge is 2.12. The number of amides is 1. The van der Waals surface area contributed by atoms with Crippen molar-refractivity contribution in [3.8, 4) is 11.8 Å². The Bertz CT molecular complexity index is 857. The first kappa shape index (κ1) is 17.7. The van der Waals surface area contributed by atoms with Crippen molar-refractivity contribution in [1.29, 1.82) is 5.26 Å². The van der Waals surface area contributed by atoms with E-state index in [1.54, 1.807) is 24.3 Å². The maximum atomic E-state index is 12.2. The van der Waals surface area contributed by atoms with Crippen LogP contribution in [0.25, 0.3) is 0 Å². The van der Waals surface area contributed by atoms with Gasteiger partial charge in [0.2, 0.25) is 0 Å². The van der Waals surface area contributed by atoms with E-state index >= 15 is 0 Å². The number of aromatic hydroxyl groups is 1. The number of benzene rings is 2. The molecular formula is C17H13Cl2N3O2. The maximum Gasteiger partial charge on any atom is 0.267 e. The summed E-state index contributed by atoms with van der Waals surface area (Å²) in [6.07, 6.45) is 1.22. The molecule has 0 aromatic heterocycles. The smallest absolute Gasteiger partial charge is 0.267 e. The van der Waals surface area contributed by atoms with Gasteiger partial charge < -0.3 is 15.7 Å². The highest BCUT2D eigenvalue weighted by Crippen LogP contribution is 2.26. The summed E-state index contributed by atoms with van der Waals surface area (Å²) in [6, 6.07) is 11.3. The molecule has 24 heavy (non-hydrogen) atoms. The largest absolute Gasteiger partial charge is 0.506 e. The average Bonchev–Trinajstić information content (AvgIpc) is 2.54. The fourth-order valence-corrected chi connectivity index (χ4v) is 2.30. The van der Waals surface area contributed by atoms with Gasteiger partial charge >= 0.3 is 0 Å². The van der Waals surface area contributed by atoms with Gasteiger partial charge in [0.1, 0.15) is 17.4 Å². The Balaban J connectivity index is 2.16. The number of phenolic OH excluding ortho intramolecular Hbond substituents is 1. The Labute approximate surface area is 149 Å². The van der Waals surface area contributed by atoms with Crippen LogP contribution >= 0.6 is 23.2 Å². The number of anilines is 2. The van der Waals surface area contributed by atoms with Gasteiger partial charge in [0, 0.05) is 11.2 Å². The number of aryl methyl sites for hydroxylation is 1. The van der Waals surface area contributed by atoms with Gasteiger partial charge in [-0.25, -0.2) is 0 Å². The van der Waals surface area contributed by atoms with Gasteiger partial charge in [0.25, 0.3) is 5.91 Å². The molecule has 2 rings (SSSR count). The van der Waals surface area contributed by atoms with Crippen molar-refractivity contribution >= 4 is 40.5 Å². The lowest BCUT2D eigenvalue weighted by Gasteiger charge is -2.08. The number of halogens is 2. The molecule has 0 atom stereocenters. The molecule has 0 saturated carbocycles. The number of hydrogen-bond donors (Lipinski definition) is 3. The fourth-order valence-electron chi connectivity index (χ4n) is 1.84. The van der Waals surface area contributed by atoms with Gasteiger partial charge in [0.05, 0.1) is 16.4 Å². The quantitative estimate of drug-likeness (QED) is 0.426. The van der Waals surface area contributed by atoms with Gasteiger partial charge in [-0.05, 0) is 42.8 Å². The molecule has 0 aliphatic rings. The van der Waals surface area contributed by atoms with E-state index in [0.29, 0.717) is 16.4 Å². The molecule has 2 aromatic rings. The summed E-state index contributed by atoms with van der Waals surface area (Å²) in [5.41, 5.74) is 1.47. The van der Waals surface area contributed by atoms with Crippen LogP contribution in [0.2, 0.25) is 10.0 Å². The minimum Gasteiger partial charge on any atom is -0.506 e. The van der Waals surface area contributed by atoms with Crippen LogP contribution in [0.3, 0.4) is 0 Å². The lowest BCUT2D eigenvalue weighted by molar-refractivity contribution is -0.112. The first-order valence-corrected chi connectivity index (χ1v) is 7.59. The van der Waals surface area contributed by atoms with Gasteiger partial charge in [0.15, 0.2) is 0 Å². The Hall–Kier alpha value is -2.68. The molecule has 0 fully saturated rings. The summed E-state index contributed by atoms with van der Waals surface area (Å²) in [5, 5.41) is 24.9. The lowest BCUT2D eigenvalue weighted by atomic mass is 10.2. The summed E-state index contributed by atoms with van der Waals surface area (Å²) in [4.78, 5) is 12.2. The first-order chi connectivity index (χ1) is 11.4. The minimum absolute atomic E-state index is 0.00953. The van der Waals surface area contributed by atoms with Gasteiger partial charge in [-0.1, -0.05) is 29.3 Å². The predicted octanol–water partition coefficient (Wildman–Crippen LogP) is 4.47. The molecule has 7 heteroatoms. The van der Waals surface area contributed by atoms with Gasteiger partial charge in [-0.15, -0.1) is 0 Å². The lowest BCUT2D eigenvalue weighted by Crippen LogP contribution is -2.14. The maximum absolute atomic E-state index is 12.2. The Morgan fingerprint density at radius 2 is 1.96 bits per heavy atom. The topological polar surface area (TPSA) is 85.2 Å². The minimum atomic E-state index is -0.638. The number of carbonyl (C=O) groups is 1. The molecule has 2 aromatic carbocycles. The normalized spacial score (nSPS) is 10.8. The first-order valence-electron chi connectivity index (χ1n) is 6.83. The molecular weight excluding hydrogens is 349 g/mol. The van der Waals surface area contributed by atoms with Crippen LogP contribution in [0.15, 0.2) is 48.2 Å². The number of nitrogens with zero attached hydrogens (tertiary/aromatic N) is 1. The second-order valence-corrected chi connectivity index (χ2v) is 5.76. The Morgan fingerprint density at radius 3 is 2.62 bits per heavy atom. The zero-order chi connectivity index (χ0) is 17.7. The Kier molecular flexibility index (Phi) is 5.69. The molecule has 122 valence electrons. The van der Waals surface area contributed by atoms with Crippen LogP contribution in [0, 0.1) is 18.3 Å². The van der Waals surface area contributed by atoms with Gasteiger partial charge in [-0.3, -0.25) is 4.79 Å². The third-order valence-electron chi connectivity index (χ3n) is 3.07. The molecule has 0 radical (unpaired) electrons. The van der Waals surface area contributed by atoms with E-state index in [-0.39, 0.29) is 16.3 Å². The van der Waals surface area contributed by atoms with Crippen molar-refractivity contribution in [3.05, 3.63) is 63.8 Å². The van der Waals surface area contributed by atoms with Crippen LogP contribution in [-0.4, -0.2) is 11.0 Å². The third-order valence-corrected chi connectivity index (χ3v) is 3.62. The predicted molar refractivity (Wildman–Crippen MR) is 95.3 cm³/mol. The van der Waals surface area contributed by atoms with E-state index in [1.165, 1.54) is 24.4 Å². The van der Waals surface area contributed by atoms with E-state index < -0.39 is 5.91 Å². The summed E-state index contributed by atoms with van der Waals surface area (Å²) in [6.45, 7) is 1.86.